The first kappa shape index (κ1) is 17.4. The Hall–Kier alpha value is -3.41. The molecule has 3 rings (SSSR count). The fraction of sp³-hybridized carbons (Fsp3) is 0.100. The monoisotopic (exact) mass is 353 g/mol. The van der Waals surface area contributed by atoms with Crippen molar-refractivity contribution in [3.8, 4) is 17.4 Å². The van der Waals surface area contributed by atoms with E-state index in [0.717, 1.165) is 0 Å². The predicted octanol–water partition coefficient (Wildman–Crippen LogP) is 4.25. The summed E-state index contributed by atoms with van der Waals surface area (Å²) >= 11 is 0. The van der Waals surface area contributed by atoms with Gasteiger partial charge in [0.25, 0.3) is 0 Å². The van der Waals surface area contributed by atoms with Crippen LogP contribution in [0.5, 0.6) is 17.4 Å². The van der Waals surface area contributed by atoms with Crippen molar-refractivity contribution in [2.75, 3.05) is 13.2 Å². The second-order valence-electron chi connectivity index (χ2n) is 5.19. The Morgan fingerprint density at radius 2 is 1.69 bits per heavy atom. The Morgan fingerprint density at radius 1 is 0.923 bits per heavy atom. The normalized spacial score (nSPS) is 10.2. The lowest BCUT2D eigenvalue weighted by Crippen LogP contribution is -2.13. The molecule has 3 aromatic rings. The molecule has 1 heterocycles. The maximum absolute atomic E-state index is 13.4. The van der Waals surface area contributed by atoms with E-state index >= 15 is 0 Å². The van der Waals surface area contributed by atoms with Crippen LogP contribution in [0.25, 0.3) is 0 Å². The Morgan fingerprint density at radius 3 is 2.50 bits per heavy atom. The van der Waals surface area contributed by atoms with Crippen molar-refractivity contribution in [3.63, 3.8) is 0 Å². The molecule has 0 atom stereocenters. The Bertz CT molecular complexity index is 870. The first-order valence-electron chi connectivity index (χ1n) is 7.96. The van der Waals surface area contributed by atoms with E-state index in [2.05, 4.69) is 4.98 Å². The van der Waals surface area contributed by atoms with Crippen molar-refractivity contribution in [2.24, 2.45) is 0 Å². The van der Waals surface area contributed by atoms with Gasteiger partial charge in [0, 0.05) is 6.20 Å². The standard InChI is InChI=1S/C20H16FNO4/c21-17-10-4-5-11-18(17)24-13-14-25-20(23)16-9-6-12-22-19(16)26-15-7-2-1-3-8-15/h1-12H,13-14H2. The van der Waals surface area contributed by atoms with Gasteiger partial charge in [0.05, 0.1) is 0 Å². The third-order valence-corrected chi connectivity index (χ3v) is 3.36. The molecule has 0 aliphatic heterocycles. The van der Waals surface area contributed by atoms with Gasteiger partial charge in [-0.2, -0.15) is 0 Å². The average molecular weight is 353 g/mol. The Labute approximate surface area is 150 Å². The van der Waals surface area contributed by atoms with E-state index in [9.17, 15) is 9.18 Å². The van der Waals surface area contributed by atoms with Gasteiger partial charge in [-0.1, -0.05) is 30.3 Å². The first-order valence-corrected chi connectivity index (χ1v) is 7.96. The molecule has 5 nitrogen and oxygen atoms in total. The number of esters is 1. The molecule has 0 bridgehead atoms. The second-order valence-corrected chi connectivity index (χ2v) is 5.19. The van der Waals surface area contributed by atoms with E-state index < -0.39 is 11.8 Å². The average Bonchev–Trinajstić information content (AvgIpc) is 2.67. The topological polar surface area (TPSA) is 57.7 Å². The highest BCUT2D eigenvalue weighted by molar-refractivity contribution is 5.91. The van der Waals surface area contributed by atoms with E-state index in [1.807, 2.05) is 18.2 Å². The van der Waals surface area contributed by atoms with Gasteiger partial charge in [0.1, 0.15) is 24.5 Å². The van der Waals surface area contributed by atoms with Gasteiger partial charge < -0.3 is 14.2 Å². The van der Waals surface area contributed by atoms with Crippen LogP contribution in [-0.2, 0) is 4.74 Å². The van der Waals surface area contributed by atoms with Gasteiger partial charge in [0.15, 0.2) is 11.6 Å². The number of aromatic nitrogens is 1. The highest BCUT2D eigenvalue weighted by Gasteiger charge is 2.16. The minimum Gasteiger partial charge on any atom is -0.487 e. The summed E-state index contributed by atoms with van der Waals surface area (Å²) in [6, 6.07) is 18.2. The molecule has 0 amide bonds. The lowest BCUT2D eigenvalue weighted by molar-refractivity contribution is 0.0445. The van der Waals surface area contributed by atoms with E-state index in [0.29, 0.717) is 5.75 Å². The molecule has 0 unspecified atom stereocenters. The number of pyridine rings is 1. The van der Waals surface area contributed by atoms with E-state index in [1.165, 1.54) is 18.3 Å². The Kier molecular flexibility index (Phi) is 5.77. The van der Waals surface area contributed by atoms with Crippen molar-refractivity contribution < 1.29 is 23.4 Å². The fourth-order valence-corrected chi connectivity index (χ4v) is 2.15. The number of rotatable bonds is 7. The third kappa shape index (κ3) is 4.57. The van der Waals surface area contributed by atoms with Crippen molar-refractivity contribution in [1.82, 2.24) is 4.98 Å². The van der Waals surface area contributed by atoms with Gasteiger partial charge in [-0.3, -0.25) is 0 Å². The molecule has 0 radical (unpaired) electrons. The lowest BCUT2D eigenvalue weighted by atomic mass is 10.2. The zero-order valence-corrected chi connectivity index (χ0v) is 13.8. The van der Waals surface area contributed by atoms with Crippen molar-refractivity contribution in [3.05, 3.63) is 84.3 Å². The van der Waals surface area contributed by atoms with E-state index in [-0.39, 0.29) is 30.4 Å². The molecule has 132 valence electrons. The van der Waals surface area contributed by atoms with Crippen LogP contribution in [0.2, 0.25) is 0 Å². The number of benzene rings is 2. The van der Waals surface area contributed by atoms with Crippen molar-refractivity contribution in [2.45, 2.75) is 0 Å². The van der Waals surface area contributed by atoms with Crippen LogP contribution in [0.1, 0.15) is 10.4 Å². The SMILES string of the molecule is O=C(OCCOc1ccccc1F)c1cccnc1Oc1ccccc1. The van der Waals surface area contributed by atoms with Gasteiger partial charge in [-0.15, -0.1) is 0 Å². The first-order chi connectivity index (χ1) is 12.7. The molecular weight excluding hydrogens is 337 g/mol. The van der Waals surface area contributed by atoms with Crippen molar-refractivity contribution in [1.29, 1.82) is 0 Å². The van der Waals surface area contributed by atoms with Crippen LogP contribution in [0.15, 0.2) is 72.9 Å². The van der Waals surface area contributed by atoms with Gasteiger partial charge in [-0.25, -0.2) is 14.2 Å². The van der Waals surface area contributed by atoms with Crippen molar-refractivity contribution >= 4 is 5.97 Å². The minimum atomic E-state index is -0.596. The number of carbonyl (C=O) groups excluding carboxylic acids is 1. The highest BCUT2D eigenvalue weighted by Crippen LogP contribution is 2.23. The maximum atomic E-state index is 13.4. The van der Waals surface area contributed by atoms with Gasteiger partial charge in [0.2, 0.25) is 5.88 Å². The smallest absolute Gasteiger partial charge is 0.343 e. The number of para-hydroxylation sites is 2. The van der Waals surface area contributed by atoms with E-state index in [4.69, 9.17) is 14.2 Å². The zero-order valence-electron chi connectivity index (χ0n) is 13.8. The third-order valence-electron chi connectivity index (χ3n) is 3.36. The van der Waals surface area contributed by atoms with Gasteiger partial charge in [-0.05, 0) is 36.4 Å². The van der Waals surface area contributed by atoms with Gasteiger partial charge >= 0.3 is 5.97 Å². The number of ether oxygens (including phenoxy) is 3. The highest BCUT2D eigenvalue weighted by atomic mass is 19.1. The molecule has 0 aliphatic rings. The molecular formula is C20H16FNO4. The van der Waals surface area contributed by atoms with Crippen LogP contribution in [0.4, 0.5) is 4.39 Å². The fourth-order valence-electron chi connectivity index (χ4n) is 2.15. The summed E-state index contributed by atoms with van der Waals surface area (Å²) in [5, 5.41) is 0. The molecule has 0 N–H and O–H groups in total. The number of nitrogens with zero attached hydrogens (tertiary/aromatic N) is 1. The number of carbonyl (C=O) groups is 1. The number of hydrogen-bond donors (Lipinski definition) is 0. The predicted molar refractivity (Wildman–Crippen MR) is 92.9 cm³/mol. The summed E-state index contributed by atoms with van der Waals surface area (Å²) < 4.78 is 29.5. The summed E-state index contributed by atoms with van der Waals surface area (Å²) in [5.74, 6) is -0.245. The maximum Gasteiger partial charge on any atom is 0.343 e. The number of halogens is 1. The van der Waals surface area contributed by atoms with Crippen LogP contribution in [0, 0.1) is 5.82 Å². The molecule has 1 aromatic heterocycles. The molecule has 0 aliphatic carbocycles. The quantitative estimate of drug-likeness (QED) is 0.469. The summed E-state index contributed by atoms with van der Waals surface area (Å²) in [6.07, 6.45) is 1.52. The summed E-state index contributed by atoms with van der Waals surface area (Å²) in [6.45, 7) is -0.00531. The molecule has 0 spiro atoms. The zero-order chi connectivity index (χ0) is 18.2. The molecule has 0 fully saturated rings. The lowest BCUT2D eigenvalue weighted by Gasteiger charge is -2.10. The molecule has 0 saturated carbocycles. The molecule has 26 heavy (non-hydrogen) atoms. The number of hydrogen-bond acceptors (Lipinski definition) is 5. The van der Waals surface area contributed by atoms with E-state index in [1.54, 1.807) is 36.4 Å². The minimum absolute atomic E-state index is 0.0296. The molecule has 2 aromatic carbocycles. The summed E-state index contributed by atoms with van der Waals surface area (Å²) in [5.41, 5.74) is 0.197. The van der Waals surface area contributed by atoms with Crippen LogP contribution in [0.3, 0.4) is 0 Å². The molecule has 0 saturated heterocycles. The summed E-state index contributed by atoms with van der Waals surface area (Å²) in [4.78, 5) is 16.3. The molecule has 6 heteroatoms. The van der Waals surface area contributed by atoms with Crippen LogP contribution >= 0.6 is 0 Å². The van der Waals surface area contributed by atoms with Crippen LogP contribution < -0.4 is 9.47 Å². The summed E-state index contributed by atoms with van der Waals surface area (Å²) in [7, 11) is 0. The van der Waals surface area contributed by atoms with Crippen LogP contribution in [-0.4, -0.2) is 24.2 Å². The largest absolute Gasteiger partial charge is 0.487 e. The Balaban J connectivity index is 1.57. The second kappa shape index (κ2) is 8.62.